The standard InChI is InChI=1S/C19H23F.C12H19F/c1-14(2)17(5)19(13-16(4)20)12-11-15(3)18-9-7-6-8-10-18;1-6-10(3)8-9-11(7-2)12(4,5)13/h6-13,16-17H,1,3H2,2,4-5H3;7-9H,2,6H2,1,3-5H3/b12-11-,19-13+;10-8-,11-9+. The number of rotatable bonds is 10. The molecule has 1 aromatic rings. The minimum absolute atomic E-state index is 0.132. The van der Waals surface area contributed by atoms with Crippen molar-refractivity contribution < 1.29 is 8.78 Å². The van der Waals surface area contributed by atoms with Crippen LogP contribution in [0.1, 0.15) is 60.5 Å². The van der Waals surface area contributed by atoms with Crippen molar-refractivity contribution in [2.24, 2.45) is 5.92 Å². The normalized spacial score (nSPS) is 14.9. The number of alkyl halides is 2. The summed E-state index contributed by atoms with van der Waals surface area (Å²) in [5, 5.41) is 0. The van der Waals surface area contributed by atoms with Gasteiger partial charge in [-0.3, -0.25) is 0 Å². The Kier molecular flexibility index (Phi) is 13.9. The van der Waals surface area contributed by atoms with E-state index in [9.17, 15) is 8.78 Å². The smallest absolute Gasteiger partial charge is 0.130 e. The second kappa shape index (κ2) is 15.2. The molecule has 0 aliphatic heterocycles. The molecule has 0 spiro atoms. The van der Waals surface area contributed by atoms with Crippen molar-refractivity contribution >= 4 is 5.57 Å². The van der Waals surface area contributed by atoms with Gasteiger partial charge in [0.2, 0.25) is 0 Å². The molecule has 0 amide bonds. The molecule has 0 aliphatic rings. The Morgan fingerprint density at radius 2 is 1.61 bits per heavy atom. The van der Waals surface area contributed by atoms with Crippen LogP contribution in [-0.4, -0.2) is 11.8 Å². The molecule has 0 nitrogen and oxygen atoms in total. The van der Waals surface area contributed by atoms with Crippen LogP contribution in [0.2, 0.25) is 0 Å². The fraction of sp³-hybridized carbons (Fsp3) is 0.355. The van der Waals surface area contributed by atoms with Crippen LogP contribution in [0.25, 0.3) is 5.57 Å². The molecule has 2 atom stereocenters. The van der Waals surface area contributed by atoms with E-state index in [1.165, 1.54) is 26.3 Å². The molecule has 0 radical (unpaired) electrons. The largest absolute Gasteiger partial charge is 0.243 e. The Balaban J connectivity index is 0.000000684. The Bertz CT molecular complexity index is 885. The fourth-order valence-electron chi connectivity index (χ4n) is 2.70. The summed E-state index contributed by atoms with van der Waals surface area (Å²) in [7, 11) is 0. The zero-order valence-corrected chi connectivity index (χ0v) is 21.6. The molecule has 0 bridgehead atoms. The van der Waals surface area contributed by atoms with Gasteiger partial charge in [0.25, 0.3) is 0 Å². The van der Waals surface area contributed by atoms with Crippen molar-refractivity contribution in [3.63, 3.8) is 0 Å². The van der Waals surface area contributed by atoms with E-state index < -0.39 is 11.8 Å². The lowest BCUT2D eigenvalue weighted by Crippen LogP contribution is -2.13. The third-order valence-corrected chi connectivity index (χ3v) is 5.29. The quantitative estimate of drug-likeness (QED) is 0.245. The number of hydrogen-bond donors (Lipinski definition) is 0. The first-order valence-corrected chi connectivity index (χ1v) is 11.5. The molecule has 1 rings (SSSR count). The van der Waals surface area contributed by atoms with E-state index in [0.717, 1.165) is 28.7 Å². The van der Waals surface area contributed by atoms with Crippen molar-refractivity contribution in [1.29, 1.82) is 0 Å². The molecule has 0 N–H and O–H groups in total. The highest BCUT2D eigenvalue weighted by Crippen LogP contribution is 2.23. The van der Waals surface area contributed by atoms with E-state index >= 15 is 0 Å². The van der Waals surface area contributed by atoms with Crippen LogP contribution in [-0.2, 0) is 0 Å². The molecule has 180 valence electrons. The van der Waals surface area contributed by atoms with Gasteiger partial charge in [-0.1, -0.05) is 105 Å². The number of halogens is 2. The molecule has 0 fully saturated rings. The molecule has 0 heterocycles. The van der Waals surface area contributed by atoms with Crippen molar-refractivity contribution in [3.05, 3.63) is 114 Å². The van der Waals surface area contributed by atoms with Crippen LogP contribution in [0.3, 0.4) is 0 Å². The molecular formula is C31H42F2. The van der Waals surface area contributed by atoms with Crippen molar-refractivity contribution in [2.45, 2.75) is 66.7 Å². The van der Waals surface area contributed by atoms with Crippen molar-refractivity contribution in [2.75, 3.05) is 0 Å². The number of hydrogen-bond acceptors (Lipinski definition) is 0. The summed E-state index contributed by atoms with van der Waals surface area (Å²) in [4.78, 5) is 0. The monoisotopic (exact) mass is 452 g/mol. The van der Waals surface area contributed by atoms with Gasteiger partial charge in [0, 0.05) is 5.92 Å². The Morgan fingerprint density at radius 1 is 1.03 bits per heavy atom. The first kappa shape index (κ1) is 30.3. The molecule has 1 aromatic carbocycles. The minimum Gasteiger partial charge on any atom is -0.243 e. The molecule has 2 unspecified atom stereocenters. The predicted octanol–water partition coefficient (Wildman–Crippen LogP) is 9.96. The highest BCUT2D eigenvalue weighted by Gasteiger charge is 2.18. The first-order valence-electron chi connectivity index (χ1n) is 11.5. The third kappa shape index (κ3) is 12.8. The van der Waals surface area contributed by atoms with Crippen LogP contribution < -0.4 is 0 Å². The lowest BCUT2D eigenvalue weighted by molar-refractivity contribution is 0.274. The second-order valence-electron chi connectivity index (χ2n) is 8.80. The van der Waals surface area contributed by atoms with E-state index in [-0.39, 0.29) is 5.92 Å². The lowest BCUT2D eigenvalue weighted by Gasteiger charge is -2.14. The number of allylic oxidation sites excluding steroid dienone is 11. The van der Waals surface area contributed by atoms with Gasteiger partial charge < -0.3 is 0 Å². The average Bonchev–Trinajstić information content (AvgIpc) is 2.75. The summed E-state index contributed by atoms with van der Waals surface area (Å²) in [6.07, 6.45) is 10.8. The molecule has 0 saturated heterocycles. The zero-order chi connectivity index (χ0) is 25.6. The Hall–Kier alpha value is -2.74. The maximum Gasteiger partial charge on any atom is 0.130 e. The number of benzene rings is 1. The summed E-state index contributed by atoms with van der Waals surface area (Å²) >= 11 is 0. The Labute approximate surface area is 201 Å². The molecule has 0 saturated carbocycles. The average molecular weight is 453 g/mol. The van der Waals surface area contributed by atoms with E-state index in [4.69, 9.17) is 0 Å². The van der Waals surface area contributed by atoms with Gasteiger partial charge >= 0.3 is 0 Å². The summed E-state index contributed by atoms with van der Waals surface area (Å²) in [6, 6.07) is 9.95. The van der Waals surface area contributed by atoms with E-state index in [1.54, 1.807) is 18.2 Å². The van der Waals surface area contributed by atoms with E-state index in [1.807, 2.05) is 69.3 Å². The van der Waals surface area contributed by atoms with Crippen LogP contribution in [0.15, 0.2) is 109 Å². The summed E-state index contributed by atoms with van der Waals surface area (Å²) in [5.74, 6) is 0.132. The van der Waals surface area contributed by atoms with Gasteiger partial charge in [-0.15, -0.1) is 0 Å². The minimum atomic E-state index is -1.30. The third-order valence-electron chi connectivity index (χ3n) is 5.29. The van der Waals surface area contributed by atoms with E-state index in [0.29, 0.717) is 5.57 Å². The van der Waals surface area contributed by atoms with Crippen LogP contribution in [0.4, 0.5) is 8.78 Å². The molecule has 2 heteroatoms. The van der Waals surface area contributed by atoms with Gasteiger partial charge in [0.05, 0.1) is 0 Å². The van der Waals surface area contributed by atoms with Crippen LogP contribution >= 0.6 is 0 Å². The zero-order valence-electron chi connectivity index (χ0n) is 21.6. The highest BCUT2D eigenvalue weighted by molar-refractivity contribution is 5.72. The van der Waals surface area contributed by atoms with Crippen molar-refractivity contribution in [1.82, 2.24) is 0 Å². The summed E-state index contributed by atoms with van der Waals surface area (Å²) < 4.78 is 26.7. The molecular weight excluding hydrogens is 410 g/mol. The summed E-state index contributed by atoms with van der Waals surface area (Å²) in [6.45, 7) is 24.3. The van der Waals surface area contributed by atoms with Gasteiger partial charge in [0.15, 0.2) is 0 Å². The summed E-state index contributed by atoms with van der Waals surface area (Å²) in [5.41, 5.74) is 4.50. The molecule has 0 aliphatic carbocycles. The van der Waals surface area contributed by atoms with E-state index in [2.05, 4.69) is 26.7 Å². The van der Waals surface area contributed by atoms with Gasteiger partial charge in [-0.2, -0.15) is 0 Å². The van der Waals surface area contributed by atoms with Crippen molar-refractivity contribution in [3.8, 4) is 0 Å². The van der Waals surface area contributed by atoms with Gasteiger partial charge in [0.1, 0.15) is 11.8 Å². The fourth-order valence-corrected chi connectivity index (χ4v) is 2.70. The predicted molar refractivity (Wildman–Crippen MR) is 145 cm³/mol. The molecule has 33 heavy (non-hydrogen) atoms. The molecule has 0 aromatic heterocycles. The maximum absolute atomic E-state index is 13.4. The Morgan fingerprint density at radius 3 is 2.03 bits per heavy atom. The van der Waals surface area contributed by atoms with Gasteiger partial charge in [-0.05, 0) is 69.4 Å². The van der Waals surface area contributed by atoms with Gasteiger partial charge in [-0.25, -0.2) is 8.78 Å². The maximum atomic E-state index is 13.4. The lowest BCUT2D eigenvalue weighted by atomic mass is 9.92. The topological polar surface area (TPSA) is 0 Å². The highest BCUT2D eigenvalue weighted by atomic mass is 19.1. The second-order valence-corrected chi connectivity index (χ2v) is 8.80. The van der Waals surface area contributed by atoms with Crippen LogP contribution in [0.5, 0.6) is 0 Å². The first-order chi connectivity index (χ1) is 15.3. The van der Waals surface area contributed by atoms with Crippen LogP contribution in [0, 0.1) is 5.92 Å². The SMILES string of the molecule is C=C(/C=C\C(=C/C(C)F)C(C)C(=C)C)c1ccccc1.C=C/C(=C\C=C(\C)CC)C(C)(C)F.